The number of benzene rings is 2. The summed E-state index contributed by atoms with van der Waals surface area (Å²) in [6.45, 7) is 1.61. The number of carbonyl (C=O) groups excluding carboxylic acids is 3. The monoisotopic (exact) mass is 453 g/mol. The zero-order valence-electron chi connectivity index (χ0n) is 18.3. The van der Waals surface area contributed by atoms with Crippen molar-refractivity contribution in [2.24, 2.45) is 0 Å². The highest BCUT2D eigenvalue weighted by molar-refractivity contribution is 6.05. The maximum Gasteiger partial charge on any atom is 0.290 e. The zero-order chi connectivity index (χ0) is 24.0. The van der Waals surface area contributed by atoms with Crippen LogP contribution in [0.1, 0.15) is 27.8 Å². The van der Waals surface area contributed by atoms with Gasteiger partial charge < -0.3 is 14.8 Å². The van der Waals surface area contributed by atoms with Crippen LogP contribution in [0, 0.1) is 0 Å². The quantitative estimate of drug-likeness (QED) is 0.446. The van der Waals surface area contributed by atoms with E-state index in [-0.39, 0.29) is 23.4 Å². The predicted octanol–water partition coefficient (Wildman–Crippen LogP) is 0.625. The second-order valence-electron chi connectivity index (χ2n) is 6.77. The molecule has 33 heavy (non-hydrogen) atoms. The third kappa shape index (κ3) is 5.09. The molecule has 0 saturated heterocycles. The van der Waals surface area contributed by atoms with Gasteiger partial charge in [0.25, 0.3) is 23.3 Å². The molecule has 0 aliphatic carbocycles. The molecule has 172 valence electrons. The molecule has 0 atom stereocenters. The number of hydrazine groups is 1. The summed E-state index contributed by atoms with van der Waals surface area (Å²) in [4.78, 5) is 49.4. The molecule has 0 spiro atoms. The van der Waals surface area contributed by atoms with Crippen LogP contribution in [0.15, 0.2) is 47.3 Å². The molecule has 1 aromatic heterocycles. The normalized spacial score (nSPS) is 10.4. The molecule has 3 N–H and O–H groups in total. The Bertz CT molecular complexity index is 1270. The number of carbonyl (C=O) groups is 3. The lowest BCUT2D eigenvalue weighted by Crippen LogP contribution is -2.47. The van der Waals surface area contributed by atoms with Gasteiger partial charge in [0, 0.05) is 17.5 Å². The Labute approximate surface area is 188 Å². The number of aromatic nitrogens is 2. The summed E-state index contributed by atoms with van der Waals surface area (Å²) >= 11 is 0. The number of hydrogen-bond acceptors (Lipinski definition) is 7. The average molecular weight is 453 g/mol. The van der Waals surface area contributed by atoms with Crippen molar-refractivity contribution >= 4 is 28.5 Å². The van der Waals surface area contributed by atoms with Crippen LogP contribution in [-0.2, 0) is 11.3 Å². The van der Waals surface area contributed by atoms with Crippen molar-refractivity contribution in [3.05, 3.63) is 64.1 Å². The number of ether oxygens (including phenoxy) is 2. The van der Waals surface area contributed by atoms with E-state index in [1.54, 1.807) is 37.3 Å². The standard InChI is InChI=1S/C22H23N5O6/c1-4-27-22(31)15-8-6-5-7-14(15)19(26-27)21(30)25-24-18(28)12-23-20(29)13-9-10-16(32-2)17(11-13)33-3/h5-11H,4,12H2,1-3H3,(H,23,29)(H,24,28)(H,25,30). The Balaban J connectivity index is 1.63. The maximum atomic E-state index is 12.6. The van der Waals surface area contributed by atoms with Gasteiger partial charge in [-0.05, 0) is 31.2 Å². The maximum absolute atomic E-state index is 12.6. The molecule has 0 fully saturated rings. The van der Waals surface area contributed by atoms with E-state index in [0.29, 0.717) is 22.3 Å². The minimum atomic E-state index is -0.701. The Morgan fingerprint density at radius 1 is 0.939 bits per heavy atom. The van der Waals surface area contributed by atoms with Crippen LogP contribution in [0.2, 0.25) is 0 Å². The van der Waals surface area contributed by atoms with Crippen molar-refractivity contribution in [2.45, 2.75) is 13.5 Å². The predicted molar refractivity (Wildman–Crippen MR) is 119 cm³/mol. The number of hydrogen-bond donors (Lipinski definition) is 3. The smallest absolute Gasteiger partial charge is 0.290 e. The average Bonchev–Trinajstić information content (AvgIpc) is 2.85. The third-order valence-electron chi connectivity index (χ3n) is 4.75. The molecule has 0 aliphatic heterocycles. The lowest BCUT2D eigenvalue weighted by Gasteiger charge is -2.12. The summed E-state index contributed by atoms with van der Waals surface area (Å²) in [6, 6.07) is 11.1. The number of aryl methyl sites for hydroxylation is 1. The molecular weight excluding hydrogens is 430 g/mol. The van der Waals surface area contributed by atoms with Crippen LogP contribution < -0.4 is 31.2 Å². The van der Waals surface area contributed by atoms with Gasteiger partial charge in [0.05, 0.1) is 26.2 Å². The minimum Gasteiger partial charge on any atom is -0.493 e. The van der Waals surface area contributed by atoms with Crippen LogP contribution >= 0.6 is 0 Å². The van der Waals surface area contributed by atoms with Crippen molar-refractivity contribution in [3.63, 3.8) is 0 Å². The number of amides is 3. The Morgan fingerprint density at radius 3 is 2.30 bits per heavy atom. The highest BCUT2D eigenvalue weighted by Gasteiger charge is 2.17. The molecule has 3 amide bonds. The molecule has 0 saturated carbocycles. The van der Waals surface area contributed by atoms with Crippen molar-refractivity contribution in [3.8, 4) is 11.5 Å². The number of nitrogens with one attached hydrogen (secondary N) is 3. The van der Waals surface area contributed by atoms with Gasteiger partial charge >= 0.3 is 0 Å². The fourth-order valence-corrected chi connectivity index (χ4v) is 3.09. The van der Waals surface area contributed by atoms with Crippen molar-refractivity contribution in [1.82, 2.24) is 25.9 Å². The largest absolute Gasteiger partial charge is 0.493 e. The van der Waals surface area contributed by atoms with Crippen LogP contribution in [-0.4, -0.2) is 48.3 Å². The Morgan fingerprint density at radius 2 is 1.64 bits per heavy atom. The summed E-state index contributed by atoms with van der Waals surface area (Å²) in [5.41, 5.74) is 4.41. The summed E-state index contributed by atoms with van der Waals surface area (Å²) in [7, 11) is 2.92. The van der Waals surface area contributed by atoms with E-state index in [0.717, 1.165) is 0 Å². The van der Waals surface area contributed by atoms with Gasteiger partial charge in [0.15, 0.2) is 17.2 Å². The molecule has 2 aromatic carbocycles. The second-order valence-corrected chi connectivity index (χ2v) is 6.77. The first-order valence-electron chi connectivity index (χ1n) is 9.98. The van der Waals surface area contributed by atoms with E-state index >= 15 is 0 Å². The molecule has 3 rings (SSSR count). The second kappa shape index (κ2) is 10.3. The number of rotatable bonds is 7. The third-order valence-corrected chi connectivity index (χ3v) is 4.75. The first-order valence-corrected chi connectivity index (χ1v) is 9.98. The van der Waals surface area contributed by atoms with E-state index < -0.39 is 24.3 Å². The van der Waals surface area contributed by atoms with Gasteiger partial charge in [-0.25, -0.2) is 4.68 Å². The van der Waals surface area contributed by atoms with Gasteiger partial charge in [-0.1, -0.05) is 18.2 Å². The number of fused-ring (bicyclic) bond motifs is 1. The number of nitrogens with zero attached hydrogens (tertiary/aromatic N) is 2. The van der Waals surface area contributed by atoms with Crippen LogP contribution in [0.25, 0.3) is 10.8 Å². The molecule has 0 unspecified atom stereocenters. The van der Waals surface area contributed by atoms with E-state index in [1.165, 1.54) is 31.0 Å². The van der Waals surface area contributed by atoms with E-state index in [1.807, 2.05) is 0 Å². The van der Waals surface area contributed by atoms with Crippen molar-refractivity contribution in [2.75, 3.05) is 20.8 Å². The topological polar surface area (TPSA) is 141 Å². The van der Waals surface area contributed by atoms with Crippen molar-refractivity contribution in [1.29, 1.82) is 0 Å². The summed E-state index contributed by atoms with van der Waals surface area (Å²) in [5.74, 6) is -1.04. The van der Waals surface area contributed by atoms with E-state index in [2.05, 4.69) is 21.3 Å². The van der Waals surface area contributed by atoms with Gasteiger partial charge in [-0.15, -0.1) is 0 Å². The highest BCUT2D eigenvalue weighted by Crippen LogP contribution is 2.27. The molecule has 11 heteroatoms. The summed E-state index contributed by atoms with van der Waals surface area (Å²) < 4.78 is 11.4. The van der Waals surface area contributed by atoms with Gasteiger partial charge in [-0.3, -0.25) is 30.0 Å². The summed E-state index contributed by atoms with van der Waals surface area (Å²) in [5, 5.41) is 7.24. The SMILES string of the molecule is CCn1nc(C(=O)NNC(=O)CNC(=O)c2ccc(OC)c(OC)c2)c2ccccc2c1=O. The Kier molecular flexibility index (Phi) is 7.24. The van der Waals surface area contributed by atoms with E-state index in [4.69, 9.17) is 9.47 Å². The van der Waals surface area contributed by atoms with Crippen LogP contribution in [0.3, 0.4) is 0 Å². The molecule has 0 aliphatic rings. The molecule has 3 aromatic rings. The lowest BCUT2D eigenvalue weighted by atomic mass is 10.1. The van der Waals surface area contributed by atoms with Crippen molar-refractivity contribution < 1.29 is 23.9 Å². The molecule has 0 radical (unpaired) electrons. The van der Waals surface area contributed by atoms with Crippen LogP contribution in [0.4, 0.5) is 0 Å². The fraction of sp³-hybridized carbons (Fsp3) is 0.227. The van der Waals surface area contributed by atoms with E-state index in [9.17, 15) is 19.2 Å². The summed E-state index contributed by atoms with van der Waals surface area (Å²) in [6.07, 6.45) is 0. The van der Waals surface area contributed by atoms with Gasteiger partial charge in [-0.2, -0.15) is 5.10 Å². The van der Waals surface area contributed by atoms with Crippen LogP contribution in [0.5, 0.6) is 11.5 Å². The molecular formula is C22H23N5O6. The minimum absolute atomic E-state index is 0.0123. The number of methoxy groups -OCH3 is 2. The fourth-order valence-electron chi connectivity index (χ4n) is 3.09. The van der Waals surface area contributed by atoms with Gasteiger partial charge in [0.2, 0.25) is 0 Å². The first kappa shape index (κ1) is 23.3. The van der Waals surface area contributed by atoms with Gasteiger partial charge in [0.1, 0.15) is 0 Å². The molecule has 0 bridgehead atoms. The molecule has 1 heterocycles. The lowest BCUT2D eigenvalue weighted by molar-refractivity contribution is -0.120. The first-order chi connectivity index (χ1) is 15.9. The highest BCUT2D eigenvalue weighted by atomic mass is 16.5. The molecule has 11 nitrogen and oxygen atoms in total. The Hall–Kier alpha value is -4.41. The zero-order valence-corrected chi connectivity index (χ0v) is 18.3.